The second-order valence-corrected chi connectivity index (χ2v) is 3.61. The molecular formula is C12H13F3N2. The summed E-state index contributed by atoms with van der Waals surface area (Å²) in [6.07, 6.45) is 6.82. The van der Waals surface area contributed by atoms with Crippen LogP contribution in [0.2, 0.25) is 0 Å². The van der Waals surface area contributed by atoms with Gasteiger partial charge in [0, 0.05) is 12.5 Å². The van der Waals surface area contributed by atoms with Gasteiger partial charge in [-0.1, -0.05) is 0 Å². The summed E-state index contributed by atoms with van der Waals surface area (Å²) in [6, 6.07) is 1.41. The van der Waals surface area contributed by atoms with Crippen molar-refractivity contribution >= 4 is 0 Å². The Morgan fingerprint density at radius 3 is 2.35 bits per heavy atom. The number of unbranched alkanes of at least 4 members (excludes halogenated alkanes) is 1. The van der Waals surface area contributed by atoms with Crippen LogP contribution in [0.15, 0.2) is 12.1 Å². The van der Waals surface area contributed by atoms with Crippen LogP contribution in [0, 0.1) is 29.8 Å². The van der Waals surface area contributed by atoms with Crippen LogP contribution < -0.4 is 11.3 Å². The Bertz CT molecular complexity index is 403. The second-order valence-electron chi connectivity index (χ2n) is 3.61. The zero-order valence-corrected chi connectivity index (χ0v) is 9.14. The molecule has 0 bridgehead atoms. The Balaban J connectivity index is 2.85. The van der Waals surface area contributed by atoms with E-state index in [1.807, 2.05) is 0 Å². The highest BCUT2D eigenvalue weighted by Gasteiger charge is 2.16. The standard InChI is InChI=1S/C12H13F3N2/c1-2-3-4-5-11(17-16)8-6-9(13)12(15)10(14)7-8/h1,6-7,11,17H,3-5,16H2. The number of benzene rings is 1. The lowest BCUT2D eigenvalue weighted by molar-refractivity contribution is 0.435. The maximum Gasteiger partial charge on any atom is 0.194 e. The lowest BCUT2D eigenvalue weighted by Crippen LogP contribution is -2.28. The zero-order valence-electron chi connectivity index (χ0n) is 9.14. The van der Waals surface area contributed by atoms with Gasteiger partial charge in [0.15, 0.2) is 17.5 Å². The van der Waals surface area contributed by atoms with E-state index < -0.39 is 23.5 Å². The first kappa shape index (κ1) is 13.6. The number of hydrogen-bond donors (Lipinski definition) is 2. The fraction of sp³-hybridized carbons (Fsp3) is 0.333. The molecule has 0 aliphatic heterocycles. The Morgan fingerprint density at radius 1 is 1.29 bits per heavy atom. The molecule has 0 radical (unpaired) electrons. The van der Waals surface area contributed by atoms with Gasteiger partial charge < -0.3 is 0 Å². The van der Waals surface area contributed by atoms with Crippen molar-refractivity contribution in [2.24, 2.45) is 5.84 Å². The third-order valence-electron chi connectivity index (χ3n) is 2.42. The van der Waals surface area contributed by atoms with Gasteiger partial charge in [-0.3, -0.25) is 11.3 Å². The smallest absolute Gasteiger partial charge is 0.194 e. The number of halogens is 3. The van der Waals surface area contributed by atoms with E-state index >= 15 is 0 Å². The summed E-state index contributed by atoms with van der Waals surface area (Å²) in [4.78, 5) is 0. The Kier molecular flexibility index (Phi) is 5.01. The second kappa shape index (κ2) is 6.28. The third-order valence-corrected chi connectivity index (χ3v) is 2.42. The van der Waals surface area contributed by atoms with E-state index in [4.69, 9.17) is 12.3 Å². The van der Waals surface area contributed by atoms with Crippen LogP contribution in [-0.4, -0.2) is 0 Å². The molecule has 1 unspecified atom stereocenters. The van der Waals surface area contributed by atoms with Crippen molar-refractivity contribution in [2.45, 2.75) is 25.3 Å². The molecular weight excluding hydrogens is 229 g/mol. The average molecular weight is 242 g/mol. The van der Waals surface area contributed by atoms with Gasteiger partial charge >= 0.3 is 0 Å². The van der Waals surface area contributed by atoms with Crippen molar-refractivity contribution in [3.63, 3.8) is 0 Å². The minimum atomic E-state index is -1.48. The van der Waals surface area contributed by atoms with Gasteiger partial charge in [-0.05, 0) is 30.5 Å². The van der Waals surface area contributed by atoms with Gasteiger partial charge in [0.25, 0.3) is 0 Å². The van der Waals surface area contributed by atoms with E-state index in [1.54, 1.807) is 0 Å². The Hall–Kier alpha value is -1.51. The maximum absolute atomic E-state index is 13.0. The third kappa shape index (κ3) is 3.48. The predicted molar refractivity (Wildman–Crippen MR) is 59.1 cm³/mol. The molecule has 2 nitrogen and oxygen atoms in total. The normalized spacial score (nSPS) is 12.2. The molecule has 0 spiro atoms. The molecule has 0 saturated carbocycles. The number of terminal acetylenes is 1. The largest absolute Gasteiger partial charge is 0.271 e. The number of nitrogens with two attached hydrogens (primary N) is 1. The summed E-state index contributed by atoms with van der Waals surface area (Å²) >= 11 is 0. The quantitative estimate of drug-likeness (QED) is 0.273. The van der Waals surface area contributed by atoms with E-state index in [0.717, 1.165) is 12.1 Å². The lowest BCUT2D eigenvalue weighted by atomic mass is 10.0. The number of hydrazine groups is 1. The summed E-state index contributed by atoms with van der Waals surface area (Å²) in [5, 5.41) is 0. The summed E-state index contributed by atoms with van der Waals surface area (Å²) in [7, 11) is 0. The Morgan fingerprint density at radius 2 is 1.88 bits per heavy atom. The van der Waals surface area contributed by atoms with E-state index in [9.17, 15) is 13.2 Å². The van der Waals surface area contributed by atoms with Crippen LogP contribution in [-0.2, 0) is 0 Å². The molecule has 1 aromatic carbocycles. The summed E-state index contributed by atoms with van der Waals surface area (Å²) in [5.74, 6) is 3.81. The van der Waals surface area contributed by atoms with Crippen LogP contribution in [0.5, 0.6) is 0 Å². The molecule has 1 rings (SSSR count). The minimum absolute atomic E-state index is 0.265. The number of nitrogens with one attached hydrogen (secondary N) is 1. The van der Waals surface area contributed by atoms with Crippen molar-refractivity contribution in [1.29, 1.82) is 0 Å². The van der Waals surface area contributed by atoms with E-state index in [-0.39, 0.29) is 5.56 Å². The molecule has 1 atom stereocenters. The van der Waals surface area contributed by atoms with Crippen LogP contribution >= 0.6 is 0 Å². The highest BCUT2D eigenvalue weighted by atomic mass is 19.2. The van der Waals surface area contributed by atoms with Crippen molar-refractivity contribution in [3.05, 3.63) is 35.1 Å². The molecule has 0 aliphatic carbocycles. The number of rotatable bonds is 5. The van der Waals surface area contributed by atoms with Gasteiger partial charge in [-0.25, -0.2) is 13.2 Å². The molecule has 5 heteroatoms. The van der Waals surface area contributed by atoms with Gasteiger partial charge in [0.1, 0.15) is 0 Å². The molecule has 0 aliphatic rings. The first-order valence-electron chi connectivity index (χ1n) is 5.14. The summed E-state index contributed by atoms with van der Waals surface area (Å²) in [5.41, 5.74) is 2.69. The minimum Gasteiger partial charge on any atom is -0.271 e. The molecule has 0 saturated heterocycles. The summed E-state index contributed by atoms with van der Waals surface area (Å²) in [6.45, 7) is 0. The van der Waals surface area contributed by atoms with Crippen molar-refractivity contribution in [1.82, 2.24) is 5.43 Å². The van der Waals surface area contributed by atoms with E-state index in [1.165, 1.54) is 0 Å². The van der Waals surface area contributed by atoms with Gasteiger partial charge in [-0.15, -0.1) is 12.3 Å². The lowest BCUT2D eigenvalue weighted by Gasteiger charge is -2.16. The predicted octanol–water partition coefficient (Wildman–Crippen LogP) is 2.41. The van der Waals surface area contributed by atoms with Crippen molar-refractivity contribution < 1.29 is 13.2 Å². The highest BCUT2D eigenvalue weighted by Crippen LogP contribution is 2.22. The highest BCUT2D eigenvalue weighted by molar-refractivity contribution is 5.22. The molecule has 0 heterocycles. The van der Waals surface area contributed by atoms with Crippen molar-refractivity contribution in [3.8, 4) is 12.3 Å². The van der Waals surface area contributed by atoms with Gasteiger partial charge in [-0.2, -0.15) is 0 Å². The van der Waals surface area contributed by atoms with E-state index in [2.05, 4.69) is 11.3 Å². The molecule has 0 amide bonds. The first-order valence-corrected chi connectivity index (χ1v) is 5.14. The van der Waals surface area contributed by atoms with Crippen LogP contribution in [0.25, 0.3) is 0 Å². The van der Waals surface area contributed by atoms with E-state index in [0.29, 0.717) is 19.3 Å². The molecule has 1 aromatic rings. The monoisotopic (exact) mass is 242 g/mol. The van der Waals surface area contributed by atoms with Crippen LogP contribution in [0.4, 0.5) is 13.2 Å². The fourth-order valence-corrected chi connectivity index (χ4v) is 1.53. The van der Waals surface area contributed by atoms with Crippen molar-refractivity contribution in [2.75, 3.05) is 0 Å². The summed E-state index contributed by atoms with van der Waals surface area (Å²) < 4.78 is 38.8. The molecule has 17 heavy (non-hydrogen) atoms. The first-order chi connectivity index (χ1) is 8.10. The van der Waals surface area contributed by atoms with Gasteiger partial charge in [0.05, 0.1) is 0 Å². The van der Waals surface area contributed by atoms with Crippen LogP contribution in [0.1, 0.15) is 30.9 Å². The molecule has 92 valence electrons. The fourth-order valence-electron chi connectivity index (χ4n) is 1.53. The molecule has 0 aromatic heterocycles. The van der Waals surface area contributed by atoms with Gasteiger partial charge in [0.2, 0.25) is 0 Å². The Labute approximate surface area is 98.0 Å². The topological polar surface area (TPSA) is 38.0 Å². The molecule has 0 fully saturated rings. The maximum atomic E-state index is 13.0. The molecule has 3 N–H and O–H groups in total. The zero-order chi connectivity index (χ0) is 12.8. The SMILES string of the molecule is C#CCCCC(NN)c1cc(F)c(F)c(F)c1. The number of hydrogen-bond acceptors (Lipinski definition) is 2. The van der Waals surface area contributed by atoms with Crippen LogP contribution in [0.3, 0.4) is 0 Å². The average Bonchev–Trinajstić information content (AvgIpc) is 2.31.